The van der Waals surface area contributed by atoms with Crippen LogP contribution in [0.2, 0.25) is 0 Å². The maximum atomic E-state index is 13.2. The first kappa shape index (κ1) is 23.3. The van der Waals surface area contributed by atoms with Crippen molar-refractivity contribution in [3.8, 4) is 21.9 Å². The highest BCUT2D eigenvalue weighted by Gasteiger charge is 2.21. The number of Topliss-reactive ketones (excluding diaryl/α,β-unsaturated/α-hetero) is 1. The Morgan fingerprint density at radius 1 is 1.18 bits per heavy atom. The molecule has 34 heavy (non-hydrogen) atoms. The number of primary sulfonamides is 1. The highest BCUT2D eigenvalue weighted by Crippen LogP contribution is 2.41. The van der Waals surface area contributed by atoms with Crippen LogP contribution in [0.3, 0.4) is 0 Å². The minimum Gasteiger partial charge on any atom is -0.496 e. The Kier molecular flexibility index (Phi) is 6.54. The van der Waals surface area contributed by atoms with E-state index in [0.717, 1.165) is 10.4 Å². The fraction of sp³-hybridized carbons (Fsp3) is 0.0909. The van der Waals surface area contributed by atoms with Crippen LogP contribution >= 0.6 is 11.3 Å². The van der Waals surface area contributed by atoms with Gasteiger partial charge in [0.05, 0.1) is 12.0 Å². The molecule has 174 valence electrons. The third-order valence-corrected chi connectivity index (χ3v) is 6.71. The molecule has 0 saturated heterocycles. The highest BCUT2D eigenvalue weighted by molar-refractivity contribution is 7.89. The fourth-order valence-electron chi connectivity index (χ4n) is 3.19. The first-order valence-corrected chi connectivity index (χ1v) is 12.2. The average Bonchev–Trinajstić information content (AvgIpc) is 3.55. The molecule has 3 N–H and O–H groups in total. The molecule has 0 aliphatic heterocycles. The van der Waals surface area contributed by atoms with Gasteiger partial charge in [0.1, 0.15) is 11.5 Å². The smallest absolute Gasteiger partial charge is 0.238 e. The second kappa shape index (κ2) is 9.55. The first-order chi connectivity index (χ1) is 16.3. The lowest BCUT2D eigenvalue weighted by Crippen LogP contribution is -2.12. The normalized spacial score (nSPS) is 11.2. The standard InChI is InChI=1S/C22H19N5O5S2/c1-13(22(28)14-5-7-15(8-6-14)34(23,29)30)16-10-17(20-4-3-9-33-20)18(31-2)11-19(16)32-12-21-24-26-27-25-21/h3-11H,1,12H2,2H3,(H2,23,29,30)(H,24,25,26,27). The predicted molar refractivity (Wildman–Crippen MR) is 126 cm³/mol. The number of aromatic nitrogens is 4. The van der Waals surface area contributed by atoms with E-state index < -0.39 is 15.8 Å². The SMILES string of the molecule is C=C(C(=O)c1ccc(S(N)(=O)=O)cc1)c1cc(-c2cccs2)c(OC)cc1OCc1nn[nH]n1. The van der Waals surface area contributed by atoms with Crippen molar-refractivity contribution in [3.63, 3.8) is 0 Å². The number of hydrogen-bond donors (Lipinski definition) is 2. The third kappa shape index (κ3) is 4.88. The van der Waals surface area contributed by atoms with Gasteiger partial charge in [-0.05, 0) is 41.8 Å². The molecule has 4 aromatic rings. The molecular formula is C22H19N5O5S2. The Bertz CT molecular complexity index is 1430. The molecule has 0 saturated carbocycles. The molecule has 0 aliphatic rings. The Hall–Kier alpha value is -3.87. The molecule has 0 atom stereocenters. The lowest BCUT2D eigenvalue weighted by molar-refractivity contribution is 0.105. The molecule has 0 amide bonds. The van der Waals surface area contributed by atoms with E-state index >= 15 is 0 Å². The number of benzene rings is 2. The molecule has 10 nitrogen and oxygen atoms in total. The van der Waals surface area contributed by atoms with Crippen LogP contribution < -0.4 is 14.6 Å². The summed E-state index contributed by atoms with van der Waals surface area (Å²) < 4.78 is 34.5. The Morgan fingerprint density at radius 3 is 2.53 bits per heavy atom. The van der Waals surface area contributed by atoms with Crippen molar-refractivity contribution in [2.45, 2.75) is 11.5 Å². The van der Waals surface area contributed by atoms with Crippen molar-refractivity contribution < 1.29 is 22.7 Å². The molecule has 2 aromatic heterocycles. The number of tetrazole rings is 1. The number of hydrogen-bond acceptors (Lipinski definition) is 9. The van der Waals surface area contributed by atoms with Gasteiger partial charge < -0.3 is 9.47 Å². The number of sulfonamides is 1. The Morgan fingerprint density at radius 2 is 1.94 bits per heavy atom. The topological polar surface area (TPSA) is 150 Å². The van der Waals surface area contributed by atoms with E-state index in [2.05, 4.69) is 27.2 Å². The highest BCUT2D eigenvalue weighted by atomic mass is 32.2. The van der Waals surface area contributed by atoms with Crippen molar-refractivity contribution in [2.24, 2.45) is 5.14 Å². The summed E-state index contributed by atoms with van der Waals surface area (Å²) in [6.07, 6.45) is 0. The minimum atomic E-state index is -3.88. The quantitative estimate of drug-likeness (QED) is 0.265. The van der Waals surface area contributed by atoms with Crippen molar-refractivity contribution in [1.82, 2.24) is 20.6 Å². The molecule has 0 unspecified atom stereocenters. The van der Waals surface area contributed by atoms with Crippen LogP contribution in [0.25, 0.3) is 16.0 Å². The molecule has 0 spiro atoms. The lowest BCUT2D eigenvalue weighted by atomic mass is 9.95. The largest absolute Gasteiger partial charge is 0.496 e. The zero-order valence-corrected chi connectivity index (χ0v) is 19.5. The van der Waals surface area contributed by atoms with Crippen LogP contribution in [0.5, 0.6) is 11.5 Å². The van der Waals surface area contributed by atoms with Gasteiger partial charge in [-0.2, -0.15) is 5.21 Å². The molecule has 2 heterocycles. The maximum Gasteiger partial charge on any atom is 0.238 e. The number of allylic oxidation sites excluding steroid dienone is 1. The molecular weight excluding hydrogens is 478 g/mol. The summed E-state index contributed by atoms with van der Waals surface area (Å²) in [6.45, 7) is 3.99. The van der Waals surface area contributed by atoms with Gasteiger partial charge in [0.25, 0.3) is 0 Å². The molecule has 12 heteroatoms. The van der Waals surface area contributed by atoms with E-state index in [1.807, 2.05) is 17.5 Å². The van der Waals surface area contributed by atoms with Crippen LogP contribution in [0.4, 0.5) is 0 Å². The average molecular weight is 498 g/mol. The van der Waals surface area contributed by atoms with E-state index in [-0.39, 0.29) is 22.6 Å². The fourth-order valence-corrected chi connectivity index (χ4v) is 4.45. The number of carbonyl (C=O) groups is 1. The molecule has 0 fully saturated rings. The number of H-pyrrole nitrogens is 1. The zero-order valence-electron chi connectivity index (χ0n) is 17.9. The predicted octanol–water partition coefficient (Wildman–Crippen LogP) is 3.06. The minimum absolute atomic E-state index is 0.00443. The number of ether oxygens (including phenoxy) is 2. The number of ketones is 1. The summed E-state index contributed by atoms with van der Waals surface area (Å²) in [7, 11) is -2.33. The van der Waals surface area contributed by atoms with Crippen LogP contribution in [-0.4, -0.2) is 41.9 Å². The number of carbonyl (C=O) groups excluding carboxylic acids is 1. The molecule has 2 aromatic carbocycles. The lowest BCUT2D eigenvalue weighted by Gasteiger charge is -2.17. The monoisotopic (exact) mass is 497 g/mol. The van der Waals surface area contributed by atoms with Crippen molar-refractivity contribution in [3.05, 3.63) is 77.4 Å². The van der Waals surface area contributed by atoms with Gasteiger partial charge in [0.15, 0.2) is 12.4 Å². The number of nitrogens with zero attached hydrogens (tertiary/aromatic N) is 3. The number of nitrogens with one attached hydrogen (secondary N) is 1. The summed E-state index contributed by atoms with van der Waals surface area (Å²) in [5.74, 6) is 0.795. The summed E-state index contributed by atoms with van der Waals surface area (Å²) >= 11 is 1.52. The maximum absolute atomic E-state index is 13.2. The molecule has 0 bridgehead atoms. The van der Waals surface area contributed by atoms with Gasteiger partial charge in [0.2, 0.25) is 15.8 Å². The summed E-state index contributed by atoms with van der Waals surface area (Å²) in [6, 6.07) is 12.6. The van der Waals surface area contributed by atoms with Crippen LogP contribution in [0.1, 0.15) is 21.7 Å². The van der Waals surface area contributed by atoms with Gasteiger partial charge in [0, 0.05) is 33.2 Å². The Labute approximate surface area is 199 Å². The molecule has 0 radical (unpaired) electrons. The van der Waals surface area contributed by atoms with Gasteiger partial charge in [-0.3, -0.25) is 4.79 Å². The van der Waals surface area contributed by atoms with Crippen LogP contribution in [0, 0.1) is 0 Å². The number of aromatic amines is 1. The summed E-state index contributed by atoms with van der Waals surface area (Å²) in [5.41, 5.74) is 1.59. The van der Waals surface area contributed by atoms with Crippen molar-refractivity contribution in [1.29, 1.82) is 0 Å². The van der Waals surface area contributed by atoms with Gasteiger partial charge in [-0.1, -0.05) is 17.9 Å². The number of nitrogens with two attached hydrogens (primary N) is 1. The van der Waals surface area contributed by atoms with E-state index in [0.29, 0.717) is 22.9 Å². The van der Waals surface area contributed by atoms with Crippen molar-refractivity contribution >= 4 is 32.7 Å². The van der Waals surface area contributed by atoms with Crippen LogP contribution in [-0.2, 0) is 16.6 Å². The Balaban J connectivity index is 1.74. The third-order valence-electron chi connectivity index (χ3n) is 4.88. The summed E-state index contributed by atoms with van der Waals surface area (Å²) in [5, 5.41) is 20.7. The zero-order chi connectivity index (χ0) is 24.3. The number of methoxy groups -OCH3 is 1. The number of thiophene rings is 1. The molecule has 0 aliphatic carbocycles. The number of rotatable bonds is 9. The van der Waals surface area contributed by atoms with Crippen LogP contribution in [0.15, 0.2) is 65.4 Å². The van der Waals surface area contributed by atoms with E-state index in [4.69, 9.17) is 14.6 Å². The van der Waals surface area contributed by atoms with Crippen molar-refractivity contribution in [2.75, 3.05) is 7.11 Å². The summed E-state index contributed by atoms with van der Waals surface area (Å²) in [4.78, 5) is 14.1. The second-order valence-electron chi connectivity index (χ2n) is 7.02. The van der Waals surface area contributed by atoms with Gasteiger partial charge in [-0.25, -0.2) is 13.6 Å². The second-order valence-corrected chi connectivity index (χ2v) is 9.53. The van der Waals surface area contributed by atoms with Gasteiger partial charge in [-0.15, -0.1) is 21.5 Å². The first-order valence-electron chi connectivity index (χ1n) is 9.76. The van der Waals surface area contributed by atoms with E-state index in [1.54, 1.807) is 19.2 Å². The molecule has 4 rings (SSSR count). The van der Waals surface area contributed by atoms with E-state index in [9.17, 15) is 13.2 Å². The van der Waals surface area contributed by atoms with E-state index in [1.165, 1.54) is 35.6 Å². The van der Waals surface area contributed by atoms with Gasteiger partial charge >= 0.3 is 0 Å².